The van der Waals surface area contributed by atoms with Crippen LogP contribution >= 0.6 is 0 Å². The van der Waals surface area contributed by atoms with Gasteiger partial charge < -0.3 is 19.9 Å². The zero-order valence-corrected chi connectivity index (χ0v) is 17.0. The van der Waals surface area contributed by atoms with Crippen LogP contribution in [0.3, 0.4) is 0 Å². The van der Waals surface area contributed by atoms with E-state index in [0.29, 0.717) is 0 Å². The van der Waals surface area contributed by atoms with Crippen molar-refractivity contribution in [3.05, 3.63) is 41.7 Å². The van der Waals surface area contributed by atoms with Gasteiger partial charge in [0.15, 0.2) is 11.6 Å². The minimum atomic E-state index is -4.87. The van der Waals surface area contributed by atoms with E-state index in [1.165, 1.54) is 13.3 Å². The lowest BCUT2D eigenvalue weighted by molar-refractivity contribution is -0.164. The number of methoxy groups -OCH3 is 1. The van der Waals surface area contributed by atoms with Crippen LogP contribution in [0.15, 0.2) is 29.5 Å². The van der Waals surface area contributed by atoms with Crippen molar-refractivity contribution in [2.45, 2.75) is 31.2 Å². The molecule has 3 N–H and O–H groups in total. The zero-order valence-electron chi connectivity index (χ0n) is 17.0. The number of nitrogens with zero attached hydrogens (tertiary/aromatic N) is 4. The number of amidine groups is 1. The van der Waals surface area contributed by atoms with Crippen LogP contribution in [0.5, 0.6) is 5.88 Å². The molecule has 2 amide bonds. The average Bonchev–Trinajstić information content (AvgIpc) is 2.73. The van der Waals surface area contributed by atoms with Crippen molar-refractivity contribution in [2.75, 3.05) is 12.4 Å². The maximum absolute atomic E-state index is 14.6. The van der Waals surface area contributed by atoms with Gasteiger partial charge in [0, 0.05) is 6.42 Å². The molecule has 0 fully saturated rings. The molecule has 0 unspecified atom stereocenters. The highest BCUT2D eigenvalue weighted by atomic mass is 19.4. The number of anilines is 1. The smallest absolute Gasteiger partial charge is 0.412 e. The molecule has 0 saturated heterocycles. The quantitative estimate of drug-likeness (QED) is 0.575. The number of hydrogen-bond acceptors (Lipinski definition) is 8. The fourth-order valence-electron chi connectivity index (χ4n) is 2.92. The Labute approximate surface area is 182 Å². The third kappa shape index (κ3) is 5.42. The van der Waals surface area contributed by atoms with E-state index in [2.05, 4.69) is 25.3 Å². The second-order valence-corrected chi connectivity index (χ2v) is 6.88. The topological polar surface area (TPSA) is 148 Å². The number of amides is 2. The maximum atomic E-state index is 14.6. The summed E-state index contributed by atoms with van der Waals surface area (Å²) in [5, 5.41) is 12.8. The van der Waals surface area contributed by atoms with Crippen molar-refractivity contribution >= 4 is 23.8 Å². The van der Waals surface area contributed by atoms with Gasteiger partial charge in [-0.1, -0.05) is 0 Å². The number of rotatable bonds is 4. The van der Waals surface area contributed by atoms with Gasteiger partial charge in [-0.2, -0.15) is 13.2 Å². The Hall–Kier alpha value is -4.04. The Morgan fingerprint density at radius 1 is 1.24 bits per heavy atom. The Bertz CT molecular complexity index is 1090. The van der Waals surface area contributed by atoms with Gasteiger partial charge in [-0.3, -0.25) is 4.79 Å². The number of aliphatic imine (C=N–C) groups is 1. The number of alkyl halides is 3. The van der Waals surface area contributed by atoms with Crippen LogP contribution in [0.2, 0.25) is 0 Å². The molecule has 2 aromatic rings. The normalized spacial score (nSPS) is 20.3. The van der Waals surface area contributed by atoms with Crippen LogP contribution in [0.4, 0.5) is 28.2 Å². The fraction of sp³-hybridized carbons (Fsp3) is 0.333. The van der Waals surface area contributed by atoms with E-state index in [1.807, 2.05) is 0 Å². The molecule has 2 aromatic heterocycles. The molecule has 0 spiro atoms. The van der Waals surface area contributed by atoms with Crippen molar-refractivity contribution in [1.29, 1.82) is 0 Å². The van der Waals surface area contributed by atoms with E-state index < -0.39 is 53.8 Å². The molecule has 0 saturated carbocycles. The van der Waals surface area contributed by atoms with Gasteiger partial charge in [-0.25, -0.2) is 34.4 Å². The molecule has 15 heteroatoms. The molecule has 33 heavy (non-hydrogen) atoms. The third-order valence-corrected chi connectivity index (χ3v) is 4.43. The lowest BCUT2D eigenvalue weighted by atomic mass is 9.91. The number of carbonyl (C=O) groups is 2. The van der Waals surface area contributed by atoms with E-state index >= 15 is 0 Å². The highest BCUT2D eigenvalue weighted by molar-refractivity contribution is 6.02. The summed E-state index contributed by atoms with van der Waals surface area (Å²) in [5.74, 6) is -1.90. The van der Waals surface area contributed by atoms with Crippen LogP contribution in [0, 0.1) is 5.82 Å². The first-order valence-electron chi connectivity index (χ1n) is 9.09. The summed E-state index contributed by atoms with van der Waals surface area (Å²) in [6, 6.07) is -1.42. The molecule has 0 bridgehead atoms. The Balaban J connectivity index is 1.91. The van der Waals surface area contributed by atoms with E-state index in [-0.39, 0.29) is 17.4 Å². The van der Waals surface area contributed by atoms with E-state index in [1.54, 1.807) is 5.32 Å². The highest BCUT2D eigenvalue weighted by Crippen LogP contribution is 2.40. The number of hydrogen-bond donors (Lipinski definition) is 3. The number of ether oxygens (including phenoxy) is 2. The molecule has 0 radical (unpaired) electrons. The predicted molar refractivity (Wildman–Crippen MR) is 102 cm³/mol. The number of carboxylic acid groups (broad SMARTS) is 1. The molecule has 3 rings (SSSR count). The Kier molecular flexibility index (Phi) is 6.32. The van der Waals surface area contributed by atoms with E-state index in [4.69, 9.17) is 14.6 Å². The average molecular weight is 472 g/mol. The first kappa shape index (κ1) is 23.6. The van der Waals surface area contributed by atoms with Crippen molar-refractivity contribution in [1.82, 2.24) is 20.3 Å². The number of aromatic nitrogens is 3. The number of halogens is 4. The molecule has 1 aliphatic heterocycles. The minimum absolute atomic E-state index is 0.138. The molecular formula is C18H16F4N6O5. The van der Waals surface area contributed by atoms with Gasteiger partial charge in [0.05, 0.1) is 19.5 Å². The maximum Gasteiger partial charge on any atom is 0.412 e. The SMILES string of the molecule is COc1cnc(C(=O)Nc2ccc(F)c([C@]3(C)C[C@@H](C(F)(F)F)N=C(NC(=O)O)O3)n2)cn1. The van der Waals surface area contributed by atoms with Gasteiger partial charge in [-0.05, 0) is 19.1 Å². The zero-order chi connectivity index (χ0) is 24.4. The number of carbonyl (C=O) groups excluding carboxylic acids is 1. The first-order valence-corrected chi connectivity index (χ1v) is 9.09. The summed E-state index contributed by atoms with van der Waals surface area (Å²) in [5.41, 5.74) is -2.82. The molecule has 2 atom stereocenters. The van der Waals surface area contributed by atoms with Gasteiger partial charge >= 0.3 is 12.3 Å². The van der Waals surface area contributed by atoms with Crippen LogP contribution < -0.4 is 15.4 Å². The summed E-state index contributed by atoms with van der Waals surface area (Å²) in [4.78, 5) is 38.0. The van der Waals surface area contributed by atoms with Gasteiger partial charge in [0.2, 0.25) is 5.88 Å². The van der Waals surface area contributed by atoms with Crippen LogP contribution in [0.25, 0.3) is 0 Å². The second kappa shape index (κ2) is 8.84. The molecule has 1 aliphatic rings. The summed E-state index contributed by atoms with van der Waals surface area (Å²) < 4.78 is 64.8. The fourth-order valence-corrected chi connectivity index (χ4v) is 2.92. The molecule has 176 valence electrons. The molecule has 0 aromatic carbocycles. The summed E-state index contributed by atoms with van der Waals surface area (Å²) in [6.45, 7) is 1.09. The van der Waals surface area contributed by atoms with E-state index in [9.17, 15) is 27.2 Å². The summed E-state index contributed by atoms with van der Waals surface area (Å²) in [7, 11) is 1.35. The van der Waals surface area contributed by atoms with E-state index in [0.717, 1.165) is 25.3 Å². The third-order valence-electron chi connectivity index (χ3n) is 4.43. The van der Waals surface area contributed by atoms with Crippen molar-refractivity contribution in [2.24, 2.45) is 4.99 Å². The van der Waals surface area contributed by atoms with Gasteiger partial charge in [0.25, 0.3) is 11.9 Å². The Morgan fingerprint density at radius 2 is 1.97 bits per heavy atom. The molecule has 11 nitrogen and oxygen atoms in total. The summed E-state index contributed by atoms with van der Waals surface area (Å²) in [6.07, 6.45) is -5.20. The molecule has 0 aliphatic carbocycles. The first-order chi connectivity index (χ1) is 15.4. The number of pyridine rings is 1. The lowest BCUT2D eigenvalue weighted by Gasteiger charge is -2.37. The van der Waals surface area contributed by atoms with Crippen molar-refractivity contribution in [3.8, 4) is 5.88 Å². The minimum Gasteiger partial charge on any atom is -0.480 e. The van der Waals surface area contributed by atoms with Crippen molar-refractivity contribution in [3.63, 3.8) is 0 Å². The molecular weight excluding hydrogens is 456 g/mol. The van der Waals surface area contributed by atoms with Gasteiger partial charge in [-0.15, -0.1) is 0 Å². The largest absolute Gasteiger partial charge is 0.480 e. The second-order valence-electron chi connectivity index (χ2n) is 6.88. The van der Waals surface area contributed by atoms with Crippen LogP contribution in [-0.2, 0) is 10.3 Å². The van der Waals surface area contributed by atoms with Crippen LogP contribution in [-0.4, -0.2) is 57.4 Å². The molecule has 3 heterocycles. The number of nitrogens with one attached hydrogen (secondary N) is 2. The summed E-state index contributed by atoms with van der Waals surface area (Å²) >= 11 is 0. The standard InChI is InChI=1S/C18H16F4N6O5/c1-17(5-10(18(20,21)22)25-15(33-17)28-16(30)31)13-8(19)3-4-11(26-13)27-14(29)9-6-24-12(32-2)7-23-9/h3-4,6-7,10H,5H2,1-2H3,(H,25,28)(H,30,31)(H,26,27,29)/t10-,17-/m0/s1. The highest BCUT2D eigenvalue weighted by Gasteiger charge is 2.50. The lowest BCUT2D eigenvalue weighted by Crippen LogP contribution is -2.48. The Morgan fingerprint density at radius 3 is 2.55 bits per heavy atom. The van der Waals surface area contributed by atoms with Crippen molar-refractivity contribution < 1.29 is 41.7 Å². The van der Waals surface area contributed by atoms with Gasteiger partial charge in [0.1, 0.15) is 23.0 Å². The predicted octanol–water partition coefficient (Wildman–Crippen LogP) is 2.46. The monoisotopic (exact) mass is 472 g/mol. The van der Waals surface area contributed by atoms with Crippen LogP contribution in [0.1, 0.15) is 29.5 Å².